The summed E-state index contributed by atoms with van der Waals surface area (Å²) in [4.78, 5) is 0. The van der Waals surface area contributed by atoms with Crippen LogP contribution in [0.25, 0.3) is 0 Å². The number of benzene rings is 1. The third kappa shape index (κ3) is 3.67. The maximum Gasteiger partial charge on any atom is 0.0827 e. The van der Waals surface area contributed by atoms with Crippen molar-refractivity contribution in [2.45, 2.75) is 25.8 Å². The summed E-state index contributed by atoms with van der Waals surface area (Å²) >= 11 is 0. The Morgan fingerprint density at radius 1 is 1.12 bits per heavy atom. The third-order valence-electron chi connectivity index (χ3n) is 2.70. The monoisotopic (exact) mass is 230 g/mol. The standard InChI is InChI=1S/C13H18N4/c14-9-4-7-13-11-17(16-15-13)10-8-12-5-2-1-3-6-12/h1-3,5-6,11H,4,7-10,14H2. The highest BCUT2D eigenvalue weighted by Gasteiger charge is 2.00. The van der Waals surface area contributed by atoms with Gasteiger partial charge in [-0.05, 0) is 31.4 Å². The van der Waals surface area contributed by atoms with Crippen molar-refractivity contribution in [2.24, 2.45) is 5.73 Å². The Labute approximate surface area is 101 Å². The van der Waals surface area contributed by atoms with Gasteiger partial charge in [-0.25, -0.2) is 0 Å². The molecule has 0 atom stereocenters. The quantitative estimate of drug-likeness (QED) is 0.816. The van der Waals surface area contributed by atoms with E-state index in [2.05, 4.69) is 34.6 Å². The van der Waals surface area contributed by atoms with Crippen LogP contribution in [0.1, 0.15) is 17.7 Å². The molecule has 0 amide bonds. The Morgan fingerprint density at radius 2 is 1.94 bits per heavy atom. The second kappa shape index (κ2) is 6.15. The molecule has 0 fully saturated rings. The zero-order valence-electron chi connectivity index (χ0n) is 9.92. The molecule has 0 aliphatic heterocycles. The van der Waals surface area contributed by atoms with E-state index in [1.807, 2.05) is 16.9 Å². The number of hydrogen-bond donors (Lipinski definition) is 1. The Morgan fingerprint density at radius 3 is 2.71 bits per heavy atom. The predicted molar refractivity (Wildman–Crippen MR) is 67.5 cm³/mol. The summed E-state index contributed by atoms with van der Waals surface area (Å²) in [7, 11) is 0. The maximum absolute atomic E-state index is 5.46. The van der Waals surface area contributed by atoms with Crippen molar-refractivity contribution in [1.29, 1.82) is 0 Å². The lowest BCUT2D eigenvalue weighted by Gasteiger charge is -2.00. The normalized spacial score (nSPS) is 10.6. The third-order valence-corrected chi connectivity index (χ3v) is 2.70. The molecular weight excluding hydrogens is 212 g/mol. The minimum atomic E-state index is 0.705. The molecule has 1 heterocycles. The summed E-state index contributed by atoms with van der Waals surface area (Å²) in [5.41, 5.74) is 7.82. The molecule has 1 aromatic heterocycles. The van der Waals surface area contributed by atoms with Crippen molar-refractivity contribution in [3.8, 4) is 0 Å². The second-order valence-electron chi connectivity index (χ2n) is 4.10. The predicted octanol–water partition coefficient (Wildman–Crippen LogP) is 1.41. The van der Waals surface area contributed by atoms with Crippen LogP contribution in [0.15, 0.2) is 36.5 Å². The highest BCUT2D eigenvalue weighted by Crippen LogP contribution is 2.02. The van der Waals surface area contributed by atoms with Gasteiger partial charge < -0.3 is 5.73 Å². The molecule has 17 heavy (non-hydrogen) atoms. The molecule has 4 nitrogen and oxygen atoms in total. The average Bonchev–Trinajstić information content (AvgIpc) is 2.83. The van der Waals surface area contributed by atoms with Crippen molar-refractivity contribution in [3.05, 3.63) is 47.8 Å². The van der Waals surface area contributed by atoms with Gasteiger partial charge in [0.1, 0.15) is 0 Å². The van der Waals surface area contributed by atoms with Crippen molar-refractivity contribution in [1.82, 2.24) is 15.0 Å². The summed E-state index contributed by atoms with van der Waals surface area (Å²) < 4.78 is 1.90. The van der Waals surface area contributed by atoms with Gasteiger partial charge >= 0.3 is 0 Å². The first-order chi connectivity index (χ1) is 8.38. The maximum atomic E-state index is 5.46. The fourth-order valence-electron chi connectivity index (χ4n) is 1.73. The van der Waals surface area contributed by atoms with E-state index in [0.29, 0.717) is 6.54 Å². The SMILES string of the molecule is NCCCc1cn(CCc2ccccc2)nn1. The topological polar surface area (TPSA) is 56.7 Å². The number of rotatable bonds is 6. The van der Waals surface area contributed by atoms with Gasteiger partial charge in [-0.2, -0.15) is 0 Å². The Balaban J connectivity index is 1.85. The molecule has 0 unspecified atom stereocenters. The lowest BCUT2D eigenvalue weighted by atomic mass is 10.1. The van der Waals surface area contributed by atoms with Gasteiger partial charge in [-0.3, -0.25) is 4.68 Å². The molecule has 1 aromatic carbocycles. The summed E-state index contributed by atoms with van der Waals surface area (Å²) in [6, 6.07) is 10.4. The molecule has 2 rings (SSSR count). The fourth-order valence-corrected chi connectivity index (χ4v) is 1.73. The van der Waals surface area contributed by atoms with Crippen LogP contribution in [0.5, 0.6) is 0 Å². The van der Waals surface area contributed by atoms with Crippen molar-refractivity contribution in [3.63, 3.8) is 0 Å². The molecule has 4 heteroatoms. The van der Waals surface area contributed by atoms with E-state index in [0.717, 1.165) is 31.5 Å². The molecule has 0 radical (unpaired) electrons. The number of hydrogen-bond acceptors (Lipinski definition) is 3. The zero-order valence-corrected chi connectivity index (χ0v) is 9.92. The first-order valence-electron chi connectivity index (χ1n) is 6.01. The summed E-state index contributed by atoms with van der Waals surface area (Å²) in [6.45, 7) is 1.58. The minimum Gasteiger partial charge on any atom is -0.330 e. The van der Waals surface area contributed by atoms with Gasteiger partial charge in [-0.1, -0.05) is 35.5 Å². The van der Waals surface area contributed by atoms with E-state index in [4.69, 9.17) is 5.73 Å². The van der Waals surface area contributed by atoms with Crippen LogP contribution >= 0.6 is 0 Å². The Bertz CT molecular complexity index is 436. The highest BCUT2D eigenvalue weighted by atomic mass is 15.4. The lowest BCUT2D eigenvalue weighted by molar-refractivity contribution is 0.589. The van der Waals surface area contributed by atoms with Crippen molar-refractivity contribution < 1.29 is 0 Å². The smallest absolute Gasteiger partial charge is 0.0827 e. The molecule has 90 valence electrons. The largest absolute Gasteiger partial charge is 0.330 e. The first kappa shape index (κ1) is 11.8. The summed E-state index contributed by atoms with van der Waals surface area (Å²) in [5, 5.41) is 8.23. The van der Waals surface area contributed by atoms with E-state index >= 15 is 0 Å². The van der Waals surface area contributed by atoms with Crippen LogP contribution in [0.3, 0.4) is 0 Å². The Kier molecular flexibility index (Phi) is 4.27. The molecule has 0 spiro atoms. The van der Waals surface area contributed by atoms with Crippen LogP contribution in [-0.2, 0) is 19.4 Å². The molecule has 0 aliphatic carbocycles. The number of nitrogens with two attached hydrogens (primary N) is 1. The van der Waals surface area contributed by atoms with Gasteiger partial charge in [0, 0.05) is 12.7 Å². The molecule has 0 saturated heterocycles. The van der Waals surface area contributed by atoms with E-state index in [9.17, 15) is 0 Å². The van der Waals surface area contributed by atoms with Crippen molar-refractivity contribution >= 4 is 0 Å². The highest BCUT2D eigenvalue weighted by molar-refractivity contribution is 5.14. The van der Waals surface area contributed by atoms with Gasteiger partial charge in [0.05, 0.1) is 5.69 Å². The van der Waals surface area contributed by atoms with Crippen LogP contribution in [0.4, 0.5) is 0 Å². The number of aromatic nitrogens is 3. The molecule has 0 bridgehead atoms. The Hall–Kier alpha value is -1.68. The number of nitrogens with zero attached hydrogens (tertiary/aromatic N) is 3. The van der Waals surface area contributed by atoms with Crippen LogP contribution in [0, 0.1) is 0 Å². The number of aryl methyl sites for hydroxylation is 3. The van der Waals surface area contributed by atoms with Crippen LogP contribution < -0.4 is 5.73 Å². The minimum absolute atomic E-state index is 0.705. The zero-order chi connectivity index (χ0) is 11.9. The van der Waals surface area contributed by atoms with Gasteiger partial charge in [0.25, 0.3) is 0 Å². The molecule has 0 aliphatic rings. The lowest BCUT2D eigenvalue weighted by Crippen LogP contribution is -2.02. The first-order valence-corrected chi connectivity index (χ1v) is 6.01. The van der Waals surface area contributed by atoms with Gasteiger partial charge in [0.2, 0.25) is 0 Å². The average molecular weight is 230 g/mol. The summed E-state index contributed by atoms with van der Waals surface area (Å²) in [6.07, 6.45) is 4.89. The van der Waals surface area contributed by atoms with Crippen LogP contribution in [0.2, 0.25) is 0 Å². The van der Waals surface area contributed by atoms with E-state index in [1.165, 1.54) is 5.56 Å². The molecular formula is C13H18N4. The van der Waals surface area contributed by atoms with Crippen LogP contribution in [-0.4, -0.2) is 21.5 Å². The molecule has 2 aromatic rings. The molecule has 0 saturated carbocycles. The second-order valence-corrected chi connectivity index (χ2v) is 4.10. The van der Waals surface area contributed by atoms with E-state index < -0.39 is 0 Å². The van der Waals surface area contributed by atoms with Gasteiger partial charge in [0.15, 0.2) is 0 Å². The van der Waals surface area contributed by atoms with E-state index in [-0.39, 0.29) is 0 Å². The fraction of sp³-hybridized carbons (Fsp3) is 0.385. The van der Waals surface area contributed by atoms with Crippen molar-refractivity contribution in [2.75, 3.05) is 6.54 Å². The molecule has 2 N–H and O–H groups in total. The van der Waals surface area contributed by atoms with E-state index in [1.54, 1.807) is 0 Å². The van der Waals surface area contributed by atoms with Gasteiger partial charge in [-0.15, -0.1) is 5.10 Å². The summed E-state index contributed by atoms with van der Waals surface area (Å²) in [5.74, 6) is 0.